The second-order valence-corrected chi connectivity index (χ2v) is 6.32. The van der Waals surface area contributed by atoms with Gasteiger partial charge in [0.05, 0.1) is 11.1 Å². The molecule has 0 N–H and O–H groups in total. The second kappa shape index (κ2) is 7.11. The molecule has 0 fully saturated rings. The molecule has 3 rings (SSSR count). The minimum Gasteiger partial charge on any atom is -0.454 e. The molecule has 0 saturated carbocycles. The summed E-state index contributed by atoms with van der Waals surface area (Å²) in [7, 11) is 0. The van der Waals surface area contributed by atoms with E-state index in [0.29, 0.717) is 16.5 Å². The second-order valence-electron chi connectivity index (χ2n) is 5.02. The standard InChI is InChI=1S/C18H11BrClNO3/c19-12-5-3-4-11(8-12)16(22)10-24-18(23)14-9-17(20)21-15-7-2-1-6-13(14)15/h1-9H,10H2. The Labute approximate surface area is 151 Å². The molecule has 0 aliphatic rings. The van der Waals surface area contributed by atoms with Gasteiger partial charge in [-0.2, -0.15) is 0 Å². The number of rotatable bonds is 4. The van der Waals surface area contributed by atoms with Crippen LogP contribution >= 0.6 is 27.5 Å². The van der Waals surface area contributed by atoms with Crippen molar-refractivity contribution < 1.29 is 14.3 Å². The summed E-state index contributed by atoms with van der Waals surface area (Å²) in [4.78, 5) is 28.6. The summed E-state index contributed by atoms with van der Waals surface area (Å²) in [6.07, 6.45) is 0. The zero-order valence-corrected chi connectivity index (χ0v) is 14.7. The van der Waals surface area contributed by atoms with Crippen molar-refractivity contribution in [3.8, 4) is 0 Å². The van der Waals surface area contributed by atoms with Gasteiger partial charge in [-0.3, -0.25) is 4.79 Å². The highest BCUT2D eigenvalue weighted by Gasteiger charge is 2.16. The molecule has 0 spiro atoms. The molecule has 1 aromatic heterocycles. The molecule has 24 heavy (non-hydrogen) atoms. The van der Waals surface area contributed by atoms with Crippen LogP contribution in [0, 0.1) is 0 Å². The molecule has 0 aliphatic carbocycles. The Morgan fingerprint density at radius 1 is 1.08 bits per heavy atom. The average molecular weight is 405 g/mol. The average Bonchev–Trinajstić information content (AvgIpc) is 2.58. The monoisotopic (exact) mass is 403 g/mol. The number of ether oxygens (including phenoxy) is 1. The molecule has 6 heteroatoms. The van der Waals surface area contributed by atoms with Crippen LogP contribution in [0.5, 0.6) is 0 Å². The van der Waals surface area contributed by atoms with Crippen molar-refractivity contribution in [3.05, 3.63) is 75.4 Å². The van der Waals surface area contributed by atoms with Crippen LogP contribution in [0.2, 0.25) is 5.15 Å². The van der Waals surface area contributed by atoms with Gasteiger partial charge >= 0.3 is 5.97 Å². The summed E-state index contributed by atoms with van der Waals surface area (Å²) in [6, 6.07) is 15.4. The third kappa shape index (κ3) is 3.63. The summed E-state index contributed by atoms with van der Waals surface area (Å²) in [5.74, 6) is -0.895. The molecule has 2 aromatic carbocycles. The Morgan fingerprint density at radius 3 is 2.67 bits per heavy atom. The lowest BCUT2D eigenvalue weighted by atomic mass is 10.1. The Morgan fingerprint density at radius 2 is 1.88 bits per heavy atom. The van der Waals surface area contributed by atoms with Crippen LogP contribution in [-0.4, -0.2) is 23.3 Å². The van der Waals surface area contributed by atoms with Gasteiger partial charge in [0.1, 0.15) is 5.15 Å². The number of ketones is 1. The summed E-state index contributed by atoms with van der Waals surface area (Å²) in [6.45, 7) is -0.344. The van der Waals surface area contributed by atoms with Crippen molar-refractivity contribution in [1.82, 2.24) is 4.98 Å². The number of benzene rings is 2. The zero-order chi connectivity index (χ0) is 17.1. The van der Waals surface area contributed by atoms with Crippen LogP contribution in [0.25, 0.3) is 10.9 Å². The Bertz CT molecular complexity index is 942. The maximum absolute atomic E-state index is 12.3. The molecule has 0 radical (unpaired) electrons. The number of nitrogens with zero attached hydrogens (tertiary/aromatic N) is 1. The van der Waals surface area contributed by atoms with Crippen molar-refractivity contribution in [2.45, 2.75) is 0 Å². The van der Waals surface area contributed by atoms with E-state index < -0.39 is 5.97 Å². The number of halogens is 2. The molecule has 3 aromatic rings. The number of para-hydroxylation sites is 1. The Balaban J connectivity index is 1.80. The third-order valence-electron chi connectivity index (χ3n) is 3.39. The number of carbonyl (C=O) groups excluding carboxylic acids is 2. The van der Waals surface area contributed by atoms with E-state index in [0.717, 1.165) is 4.47 Å². The lowest BCUT2D eigenvalue weighted by Crippen LogP contribution is -2.14. The van der Waals surface area contributed by atoms with Gasteiger partial charge in [-0.05, 0) is 24.3 Å². The van der Waals surface area contributed by atoms with E-state index in [2.05, 4.69) is 20.9 Å². The predicted molar refractivity (Wildman–Crippen MR) is 95.5 cm³/mol. The summed E-state index contributed by atoms with van der Waals surface area (Å²) in [5, 5.41) is 0.820. The summed E-state index contributed by atoms with van der Waals surface area (Å²) >= 11 is 9.25. The van der Waals surface area contributed by atoms with Crippen molar-refractivity contribution >= 4 is 50.2 Å². The molecule has 0 atom stereocenters. The first-order chi connectivity index (χ1) is 11.5. The van der Waals surface area contributed by atoms with Crippen LogP contribution in [0.15, 0.2) is 59.1 Å². The van der Waals surface area contributed by atoms with Gasteiger partial charge in [-0.25, -0.2) is 9.78 Å². The van der Waals surface area contributed by atoms with Crippen molar-refractivity contribution in [3.63, 3.8) is 0 Å². The van der Waals surface area contributed by atoms with Crippen molar-refractivity contribution in [2.75, 3.05) is 6.61 Å². The van der Waals surface area contributed by atoms with E-state index in [1.54, 1.807) is 42.5 Å². The van der Waals surface area contributed by atoms with E-state index in [1.807, 2.05) is 6.07 Å². The van der Waals surface area contributed by atoms with Gasteiger partial charge in [0.25, 0.3) is 0 Å². The third-order valence-corrected chi connectivity index (χ3v) is 4.07. The van der Waals surface area contributed by atoms with Crippen LogP contribution in [0.3, 0.4) is 0 Å². The van der Waals surface area contributed by atoms with Crippen LogP contribution in [-0.2, 0) is 4.74 Å². The lowest BCUT2D eigenvalue weighted by Gasteiger charge is -2.08. The van der Waals surface area contributed by atoms with Crippen molar-refractivity contribution in [2.24, 2.45) is 0 Å². The molecule has 120 valence electrons. The predicted octanol–water partition coefficient (Wildman–Crippen LogP) is 4.69. The first-order valence-corrected chi connectivity index (χ1v) is 8.23. The number of pyridine rings is 1. The maximum Gasteiger partial charge on any atom is 0.339 e. The molecular formula is C18H11BrClNO3. The number of fused-ring (bicyclic) bond motifs is 1. The number of hydrogen-bond acceptors (Lipinski definition) is 4. The summed E-state index contributed by atoms with van der Waals surface area (Å²) < 4.78 is 5.94. The fourth-order valence-electron chi connectivity index (χ4n) is 2.27. The fourth-order valence-corrected chi connectivity index (χ4v) is 2.87. The molecule has 0 amide bonds. The topological polar surface area (TPSA) is 56.3 Å². The van der Waals surface area contributed by atoms with Crippen molar-refractivity contribution in [1.29, 1.82) is 0 Å². The van der Waals surface area contributed by atoms with Gasteiger partial charge in [0, 0.05) is 15.4 Å². The van der Waals surface area contributed by atoms with E-state index in [4.69, 9.17) is 16.3 Å². The van der Waals surface area contributed by atoms with E-state index in [-0.39, 0.29) is 23.1 Å². The van der Waals surface area contributed by atoms with Gasteiger partial charge in [0.15, 0.2) is 12.4 Å². The van der Waals surface area contributed by atoms with E-state index >= 15 is 0 Å². The number of aromatic nitrogens is 1. The normalized spacial score (nSPS) is 10.6. The Hall–Kier alpha value is -2.24. The molecule has 0 saturated heterocycles. The molecule has 1 heterocycles. The number of esters is 1. The first-order valence-electron chi connectivity index (χ1n) is 7.06. The van der Waals surface area contributed by atoms with Gasteiger partial charge < -0.3 is 4.74 Å². The SMILES string of the molecule is O=C(COC(=O)c1cc(Cl)nc2ccccc12)c1cccc(Br)c1. The largest absolute Gasteiger partial charge is 0.454 e. The lowest BCUT2D eigenvalue weighted by molar-refractivity contribution is 0.0476. The molecule has 0 aliphatic heterocycles. The molecule has 4 nitrogen and oxygen atoms in total. The number of carbonyl (C=O) groups is 2. The highest BCUT2D eigenvalue weighted by molar-refractivity contribution is 9.10. The quantitative estimate of drug-likeness (QED) is 0.359. The van der Waals surface area contributed by atoms with Gasteiger partial charge in [-0.15, -0.1) is 0 Å². The number of hydrogen-bond donors (Lipinski definition) is 0. The highest BCUT2D eigenvalue weighted by atomic mass is 79.9. The van der Waals surface area contributed by atoms with E-state index in [1.165, 1.54) is 6.07 Å². The zero-order valence-electron chi connectivity index (χ0n) is 12.3. The summed E-state index contributed by atoms with van der Waals surface area (Å²) in [5.41, 5.74) is 1.35. The highest BCUT2D eigenvalue weighted by Crippen LogP contribution is 2.21. The minimum atomic E-state index is -0.612. The van der Waals surface area contributed by atoms with Crippen LogP contribution in [0.1, 0.15) is 20.7 Å². The molecular weight excluding hydrogens is 394 g/mol. The number of Topliss-reactive ketones (excluding diaryl/α,β-unsaturated/α-hetero) is 1. The smallest absolute Gasteiger partial charge is 0.339 e. The van der Waals surface area contributed by atoms with Crippen LogP contribution < -0.4 is 0 Å². The molecule has 0 unspecified atom stereocenters. The van der Waals surface area contributed by atoms with Gasteiger partial charge in [-0.1, -0.05) is 57.9 Å². The van der Waals surface area contributed by atoms with Crippen LogP contribution in [0.4, 0.5) is 0 Å². The fraction of sp³-hybridized carbons (Fsp3) is 0.0556. The Kier molecular flexibility index (Phi) is 4.92. The van der Waals surface area contributed by atoms with Gasteiger partial charge in [0.2, 0.25) is 0 Å². The molecule has 0 bridgehead atoms. The first kappa shape index (κ1) is 16.6. The maximum atomic E-state index is 12.3. The van der Waals surface area contributed by atoms with E-state index in [9.17, 15) is 9.59 Å². The minimum absolute atomic E-state index is 0.193.